The van der Waals surface area contributed by atoms with Crippen LogP contribution in [-0.4, -0.2) is 7.11 Å². The van der Waals surface area contributed by atoms with Crippen molar-refractivity contribution in [2.24, 2.45) is 0 Å². The van der Waals surface area contributed by atoms with Crippen LogP contribution in [0.1, 0.15) is 11.5 Å². The molecular formula is C13H13O. The van der Waals surface area contributed by atoms with Crippen LogP contribution in [0.15, 0.2) is 54.3 Å². The van der Waals surface area contributed by atoms with Gasteiger partial charge < -0.3 is 4.74 Å². The lowest BCUT2D eigenvalue weighted by molar-refractivity contribution is 0.303. The Morgan fingerprint density at radius 1 is 1.14 bits per heavy atom. The summed E-state index contributed by atoms with van der Waals surface area (Å²) in [4.78, 5) is 0. The van der Waals surface area contributed by atoms with Gasteiger partial charge in [-0.2, -0.15) is 0 Å². The molecule has 1 atom stereocenters. The largest absolute Gasteiger partial charge is 0.497 e. The van der Waals surface area contributed by atoms with Crippen LogP contribution in [-0.2, 0) is 4.74 Å². The van der Waals surface area contributed by atoms with Gasteiger partial charge >= 0.3 is 0 Å². The van der Waals surface area contributed by atoms with Gasteiger partial charge in [0.1, 0.15) is 5.76 Å². The summed E-state index contributed by atoms with van der Waals surface area (Å²) in [5.41, 5.74) is 1.30. The van der Waals surface area contributed by atoms with Crippen molar-refractivity contribution >= 4 is 0 Å². The van der Waals surface area contributed by atoms with Gasteiger partial charge in [-0.25, -0.2) is 0 Å². The second-order valence-corrected chi connectivity index (χ2v) is 3.26. The first-order chi connectivity index (χ1) is 6.90. The molecule has 0 saturated heterocycles. The van der Waals surface area contributed by atoms with Crippen molar-refractivity contribution in [1.29, 1.82) is 0 Å². The molecule has 1 nitrogen and oxygen atoms in total. The Labute approximate surface area is 84.7 Å². The number of ether oxygens (including phenoxy) is 1. The fraction of sp³-hybridized carbons (Fsp3) is 0.154. The zero-order valence-corrected chi connectivity index (χ0v) is 8.18. The normalized spacial score (nSPS) is 20.4. The fourth-order valence-corrected chi connectivity index (χ4v) is 1.58. The van der Waals surface area contributed by atoms with Crippen molar-refractivity contribution in [3.63, 3.8) is 0 Å². The van der Waals surface area contributed by atoms with Gasteiger partial charge in [-0.1, -0.05) is 36.4 Å². The van der Waals surface area contributed by atoms with Crippen LogP contribution in [0.25, 0.3) is 0 Å². The summed E-state index contributed by atoms with van der Waals surface area (Å²) in [5, 5.41) is 0. The topological polar surface area (TPSA) is 9.23 Å². The molecule has 0 aromatic heterocycles. The van der Waals surface area contributed by atoms with Gasteiger partial charge in [0.15, 0.2) is 0 Å². The third kappa shape index (κ3) is 1.87. The van der Waals surface area contributed by atoms with E-state index < -0.39 is 0 Å². The van der Waals surface area contributed by atoms with E-state index in [1.165, 1.54) is 5.56 Å². The summed E-state index contributed by atoms with van der Waals surface area (Å²) in [7, 11) is 1.70. The third-order valence-corrected chi connectivity index (χ3v) is 2.34. The van der Waals surface area contributed by atoms with Gasteiger partial charge in [0.2, 0.25) is 0 Å². The lowest BCUT2D eigenvalue weighted by Gasteiger charge is -2.15. The monoisotopic (exact) mass is 185 g/mol. The maximum Gasteiger partial charge on any atom is 0.115 e. The summed E-state index contributed by atoms with van der Waals surface area (Å²) >= 11 is 0. The van der Waals surface area contributed by atoms with E-state index in [0.29, 0.717) is 5.92 Å². The molecule has 0 heterocycles. The molecule has 2 rings (SSSR count). The number of benzene rings is 1. The van der Waals surface area contributed by atoms with Crippen LogP contribution in [0.5, 0.6) is 0 Å². The summed E-state index contributed by atoms with van der Waals surface area (Å²) in [5.74, 6) is 1.28. The van der Waals surface area contributed by atoms with Crippen molar-refractivity contribution in [1.82, 2.24) is 0 Å². The second kappa shape index (κ2) is 4.14. The molecule has 0 bridgehead atoms. The molecule has 1 aliphatic carbocycles. The molecule has 0 fully saturated rings. The van der Waals surface area contributed by atoms with Gasteiger partial charge in [-0.05, 0) is 24.1 Å². The Balaban J connectivity index is 2.21. The molecule has 1 unspecified atom stereocenters. The molecule has 14 heavy (non-hydrogen) atoms. The molecule has 0 N–H and O–H groups in total. The van der Waals surface area contributed by atoms with Crippen LogP contribution in [0.4, 0.5) is 0 Å². The minimum atomic E-state index is 0.344. The standard InChI is InChI=1S/C13H13O/c1-14-13-9-5-8-12(10-13)11-6-3-2-4-7-11/h2-10,12H,1H3. The molecule has 1 aromatic rings. The Bertz CT molecular complexity index is 349. The molecule has 1 aliphatic rings. The Hall–Kier alpha value is -1.50. The van der Waals surface area contributed by atoms with E-state index in [2.05, 4.69) is 36.8 Å². The van der Waals surface area contributed by atoms with E-state index in [1.807, 2.05) is 18.2 Å². The summed E-state index contributed by atoms with van der Waals surface area (Å²) in [6, 6.07) is 10.4. The van der Waals surface area contributed by atoms with E-state index in [-0.39, 0.29) is 0 Å². The maximum absolute atomic E-state index is 5.20. The Morgan fingerprint density at radius 2 is 1.93 bits per heavy atom. The first-order valence-corrected chi connectivity index (χ1v) is 4.72. The quantitative estimate of drug-likeness (QED) is 0.688. The number of rotatable bonds is 2. The maximum atomic E-state index is 5.20. The highest BCUT2D eigenvalue weighted by molar-refractivity contribution is 5.36. The Morgan fingerprint density at radius 3 is 2.64 bits per heavy atom. The average Bonchev–Trinajstić information content (AvgIpc) is 2.30. The molecule has 1 heteroatoms. The lowest BCUT2D eigenvalue weighted by atomic mass is 9.92. The third-order valence-electron chi connectivity index (χ3n) is 2.34. The van der Waals surface area contributed by atoms with Crippen LogP contribution in [0.2, 0.25) is 0 Å². The summed E-state index contributed by atoms with van der Waals surface area (Å²) < 4.78 is 5.20. The van der Waals surface area contributed by atoms with Crippen molar-refractivity contribution in [3.05, 3.63) is 66.3 Å². The minimum Gasteiger partial charge on any atom is -0.497 e. The van der Waals surface area contributed by atoms with Gasteiger partial charge in [-0.3, -0.25) is 0 Å². The van der Waals surface area contributed by atoms with Crippen molar-refractivity contribution in [3.8, 4) is 0 Å². The molecule has 71 valence electrons. The van der Waals surface area contributed by atoms with E-state index >= 15 is 0 Å². The molecular weight excluding hydrogens is 172 g/mol. The van der Waals surface area contributed by atoms with Gasteiger partial charge in [0, 0.05) is 5.92 Å². The Kier molecular flexibility index (Phi) is 2.68. The number of methoxy groups -OCH3 is 1. The van der Waals surface area contributed by atoms with Crippen LogP contribution in [0.3, 0.4) is 0 Å². The zero-order chi connectivity index (χ0) is 9.80. The second-order valence-electron chi connectivity index (χ2n) is 3.26. The molecule has 1 radical (unpaired) electrons. The zero-order valence-electron chi connectivity index (χ0n) is 8.18. The van der Waals surface area contributed by atoms with Crippen molar-refractivity contribution in [2.45, 2.75) is 5.92 Å². The SMILES string of the molecule is COC1=CC(c2ccccc2)[CH]C=C1. The lowest BCUT2D eigenvalue weighted by Crippen LogP contribution is -2.00. The molecule has 1 aromatic carbocycles. The smallest absolute Gasteiger partial charge is 0.115 e. The fourth-order valence-electron chi connectivity index (χ4n) is 1.58. The number of hydrogen-bond acceptors (Lipinski definition) is 1. The predicted octanol–water partition coefficient (Wildman–Crippen LogP) is 3.07. The first-order valence-electron chi connectivity index (χ1n) is 4.72. The van der Waals surface area contributed by atoms with Crippen molar-refractivity contribution < 1.29 is 4.74 Å². The van der Waals surface area contributed by atoms with E-state index in [1.54, 1.807) is 7.11 Å². The highest BCUT2D eigenvalue weighted by Gasteiger charge is 2.11. The minimum absolute atomic E-state index is 0.344. The summed E-state index contributed by atoms with van der Waals surface area (Å²) in [6.45, 7) is 0. The number of hydrogen-bond donors (Lipinski definition) is 0. The molecule has 0 aliphatic heterocycles. The van der Waals surface area contributed by atoms with Crippen molar-refractivity contribution in [2.75, 3.05) is 7.11 Å². The molecule has 0 spiro atoms. The van der Waals surface area contributed by atoms with Gasteiger partial charge in [-0.15, -0.1) is 0 Å². The van der Waals surface area contributed by atoms with E-state index in [0.717, 1.165) is 5.76 Å². The summed E-state index contributed by atoms with van der Waals surface area (Å²) in [6.07, 6.45) is 8.29. The van der Waals surface area contributed by atoms with Crippen LogP contribution in [0, 0.1) is 6.42 Å². The van der Waals surface area contributed by atoms with Gasteiger partial charge in [0.05, 0.1) is 7.11 Å². The van der Waals surface area contributed by atoms with E-state index in [4.69, 9.17) is 4.74 Å². The van der Waals surface area contributed by atoms with Gasteiger partial charge in [0.25, 0.3) is 0 Å². The van der Waals surface area contributed by atoms with Crippen LogP contribution < -0.4 is 0 Å². The highest BCUT2D eigenvalue weighted by Crippen LogP contribution is 2.26. The predicted molar refractivity (Wildman–Crippen MR) is 57.7 cm³/mol. The molecule has 0 saturated carbocycles. The first kappa shape index (κ1) is 9.07. The molecule has 0 amide bonds. The van der Waals surface area contributed by atoms with Crippen LogP contribution >= 0.6 is 0 Å². The number of allylic oxidation sites excluding steroid dienone is 3. The average molecular weight is 185 g/mol. The highest BCUT2D eigenvalue weighted by atomic mass is 16.5. The van der Waals surface area contributed by atoms with E-state index in [9.17, 15) is 0 Å².